The predicted octanol–water partition coefficient (Wildman–Crippen LogP) is 4.17. The summed E-state index contributed by atoms with van der Waals surface area (Å²) < 4.78 is 11.2. The van der Waals surface area contributed by atoms with Crippen molar-refractivity contribution in [3.63, 3.8) is 0 Å². The minimum atomic E-state index is -0.735. The first-order chi connectivity index (χ1) is 16.4. The van der Waals surface area contributed by atoms with Crippen LogP contribution in [-0.4, -0.2) is 66.5 Å². The fourth-order valence-electron chi connectivity index (χ4n) is 4.24. The van der Waals surface area contributed by atoms with Crippen LogP contribution in [0.1, 0.15) is 43.5 Å². The van der Waals surface area contributed by atoms with Crippen LogP contribution in [0.25, 0.3) is 5.76 Å². The van der Waals surface area contributed by atoms with Crippen LogP contribution in [-0.2, 0) is 9.59 Å². The van der Waals surface area contributed by atoms with E-state index >= 15 is 0 Å². The molecule has 34 heavy (non-hydrogen) atoms. The van der Waals surface area contributed by atoms with Gasteiger partial charge in [0.15, 0.2) is 11.5 Å². The molecule has 0 radical (unpaired) electrons. The fourth-order valence-corrected chi connectivity index (χ4v) is 4.24. The molecule has 1 amide bonds. The summed E-state index contributed by atoms with van der Waals surface area (Å²) in [6.45, 7) is 11.1. The van der Waals surface area contributed by atoms with Crippen LogP contribution in [0.5, 0.6) is 11.5 Å². The molecule has 1 aliphatic rings. The van der Waals surface area contributed by atoms with Crippen LogP contribution in [0.15, 0.2) is 48.0 Å². The van der Waals surface area contributed by atoms with Gasteiger partial charge >= 0.3 is 0 Å². The van der Waals surface area contributed by atoms with Crippen LogP contribution >= 0.6 is 0 Å². The lowest BCUT2D eigenvalue weighted by atomic mass is 9.94. The maximum absolute atomic E-state index is 13.2. The number of hydrogen-bond acceptors (Lipinski definition) is 6. The van der Waals surface area contributed by atoms with Gasteiger partial charge in [0.25, 0.3) is 11.7 Å². The summed E-state index contributed by atoms with van der Waals surface area (Å²) in [7, 11) is 1.55. The minimum Gasteiger partial charge on any atom is -0.507 e. The first kappa shape index (κ1) is 25.3. The van der Waals surface area contributed by atoms with Crippen molar-refractivity contribution in [3.05, 3.63) is 64.7 Å². The molecular formula is C27H34N2O5. The molecule has 1 N–H and O–H groups in total. The van der Waals surface area contributed by atoms with Gasteiger partial charge in [0, 0.05) is 18.7 Å². The van der Waals surface area contributed by atoms with Crippen molar-refractivity contribution in [1.29, 1.82) is 0 Å². The van der Waals surface area contributed by atoms with Gasteiger partial charge in [-0.2, -0.15) is 0 Å². The van der Waals surface area contributed by atoms with Gasteiger partial charge in [-0.25, -0.2) is 0 Å². The number of carbonyl (C=O) groups is 2. The third-order valence-corrected chi connectivity index (χ3v) is 6.22. The molecule has 0 saturated carbocycles. The topological polar surface area (TPSA) is 79.3 Å². The largest absolute Gasteiger partial charge is 0.507 e. The van der Waals surface area contributed by atoms with E-state index in [0.29, 0.717) is 42.3 Å². The van der Waals surface area contributed by atoms with Gasteiger partial charge in [0.05, 0.1) is 25.3 Å². The van der Waals surface area contributed by atoms with Crippen LogP contribution in [0, 0.1) is 6.92 Å². The van der Waals surface area contributed by atoms with E-state index in [1.807, 2.05) is 32.0 Å². The number of hydrogen-bond donors (Lipinski definition) is 1. The van der Waals surface area contributed by atoms with E-state index in [-0.39, 0.29) is 11.3 Å². The van der Waals surface area contributed by atoms with Gasteiger partial charge in [-0.3, -0.25) is 9.59 Å². The number of nitrogens with zero attached hydrogens (tertiary/aromatic N) is 2. The summed E-state index contributed by atoms with van der Waals surface area (Å²) >= 11 is 0. The number of likely N-dealkylation sites (tertiary alicyclic amines) is 1. The third-order valence-electron chi connectivity index (χ3n) is 6.22. The second-order valence-corrected chi connectivity index (χ2v) is 8.23. The summed E-state index contributed by atoms with van der Waals surface area (Å²) in [4.78, 5) is 30.1. The number of Topliss-reactive ketones (excluding diaryl/α,β-unsaturated/α-hetero) is 1. The Morgan fingerprint density at radius 1 is 1.03 bits per heavy atom. The van der Waals surface area contributed by atoms with Gasteiger partial charge in [-0.15, -0.1) is 0 Å². The number of methoxy groups -OCH3 is 1. The van der Waals surface area contributed by atoms with Crippen LogP contribution < -0.4 is 9.47 Å². The standard InChI is InChI=1S/C27H34N2O5/c1-6-28(7-2)15-16-29-24(20-13-14-21(34-8-3)22(17-20)33-5)23(26(31)27(29)32)25(30)19-11-9-18(4)10-12-19/h9-14,17,24,30H,6-8,15-16H2,1-5H3/b25-23+. The average Bonchev–Trinajstić information content (AvgIpc) is 3.10. The number of ketones is 1. The van der Waals surface area contributed by atoms with E-state index in [9.17, 15) is 14.7 Å². The summed E-state index contributed by atoms with van der Waals surface area (Å²) in [5.41, 5.74) is 2.28. The molecule has 0 bridgehead atoms. The lowest BCUT2D eigenvalue weighted by molar-refractivity contribution is -0.140. The zero-order valence-electron chi connectivity index (χ0n) is 20.6. The van der Waals surface area contributed by atoms with Gasteiger partial charge in [0.2, 0.25) is 0 Å². The van der Waals surface area contributed by atoms with E-state index in [1.54, 1.807) is 36.3 Å². The monoisotopic (exact) mass is 466 g/mol. The Labute approximate surface area is 201 Å². The fraction of sp³-hybridized carbons (Fsp3) is 0.407. The molecule has 7 heteroatoms. The number of benzene rings is 2. The number of aliphatic hydroxyl groups is 1. The maximum Gasteiger partial charge on any atom is 0.295 e. The highest BCUT2D eigenvalue weighted by molar-refractivity contribution is 6.46. The zero-order chi connectivity index (χ0) is 24.8. The van der Waals surface area contributed by atoms with Gasteiger partial charge in [-0.05, 0) is 44.6 Å². The van der Waals surface area contributed by atoms with Gasteiger partial charge in [-0.1, -0.05) is 49.7 Å². The van der Waals surface area contributed by atoms with Crippen molar-refractivity contribution in [1.82, 2.24) is 9.80 Å². The second-order valence-electron chi connectivity index (χ2n) is 8.23. The quantitative estimate of drug-likeness (QED) is 0.322. The van der Waals surface area contributed by atoms with E-state index in [4.69, 9.17) is 9.47 Å². The Morgan fingerprint density at radius 3 is 2.29 bits per heavy atom. The normalized spacial score (nSPS) is 17.5. The van der Waals surface area contributed by atoms with Crippen molar-refractivity contribution in [2.75, 3.05) is 39.9 Å². The molecule has 7 nitrogen and oxygen atoms in total. The molecule has 2 aromatic rings. The van der Waals surface area contributed by atoms with E-state index in [2.05, 4.69) is 18.7 Å². The molecule has 1 fully saturated rings. The highest BCUT2D eigenvalue weighted by Gasteiger charge is 2.46. The second kappa shape index (κ2) is 11.2. The molecule has 0 aromatic heterocycles. The summed E-state index contributed by atoms with van der Waals surface area (Å²) in [6, 6.07) is 11.9. The van der Waals surface area contributed by atoms with Crippen LogP contribution in [0.2, 0.25) is 0 Å². The molecule has 0 spiro atoms. The number of amides is 1. The molecule has 0 aliphatic carbocycles. The lowest BCUT2D eigenvalue weighted by Crippen LogP contribution is -2.38. The summed E-state index contributed by atoms with van der Waals surface area (Å²) in [5.74, 6) is -0.396. The molecule has 1 atom stereocenters. The molecule has 1 heterocycles. The third kappa shape index (κ3) is 5.09. The number of carbonyl (C=O) groups excluding carboxylic acids is 2. The van der Waals surface area contributed by atoms with Crippen molar-refractivity contribution < 1.29 is 24.2 Å². The molecule has 182 valence electrons. The first-order valence-corrected chi connectivity index (χ1v) is 11.7. The number of aliphatic hydroxyl groups excluding tert-OH is 1. The summed E-state index contributed by atoms with van der Waals surface area (Å²) in [5, 5.41) is 11.2. The maximum atomic E-state index is 13.2. The molecule has 1 aliphatic heterocycles. The van der Waals surface area contributed by atoms with Crippen LogP contribution in [0.3, 0.4) is 0 Å². The average molecular weight is 467 g/mol. The van der Waals surface area contributed by atoms with Crippen molar-refractivity contribution >= 4 is 17.4 Å². The molecular weight excluding hydrogens is 432 g/mol. The highest BCUT2D eigenvalue weighted by atomic mass is 16.5. The molecule has 1 unspecified atom stereocenters. The van der Waals surface area contributed by atoms with E-state index in [1.165, 1.54) is 0 Å². The van der Waals surface area contributed by atoms with E-state index < -0.39 is 17.7 Å². The van der Waals surface area contributed by atoms with Crippen LogP contribution in [0.4, 0.5) is 0 Å². The lowest BCUT2D eigenvalue weighted by Gasteiger charge is -2.28. The Kier molecular flexibility index (Phi) is 8.34. The molecule has 2 aromatic carbocycles. The number of rotatable bonds is 10. The van der Waals surface area contributed by atoms with Gasteiger partial charge in [0.1, 0.15) is 5.76 Å². The van der Waals surface area contributed by atoms with Gasteiger partial charge < -0.3 is 24.4 Å². The Morgan fingerprint density at radius 2 is 1.71 bits per heavy atom. The van der Waals surface area contributed by atoms with E-state index in [0.717, 1.165) is 18.7 Å². The SMILES string of the molecule is CCOc1ccc(C2/C(=C(\O)c3ccc(C)cc3)C(=O)C(=O)N2CCN(CC)CC)cc1OC. The zero-order valence-corrected chi connectivity index (χ0v) is 20.6. The first-order valence-electron chi connectivity index (χ1n) is 11.7. The number of ether oxygens (including phenoxy) is 2. The highest BCUT2D eigenvalue weighted by Crippen LogP contribution is 2.41. The number of aryl methyl sites for hydroxylation is 1. The summed E-state index contributed by atoms with van der Waals surface area (Å²) in [6.07, 6.45) is 0. The minimum absolute atomic E-state index is 0.0830. The number of likely N-dealkylation sites (N-methyl/N-ethyl adjacent to an activating group) is 1. The molecule has 1 saturated heterocycles. The smallest absolute Gasteiger partial charge is 0.295 e. The Bertz CT molecular complexity index is 1060. The predicted molar refractivity (Wildman–Crippen MR) is 132 cm³/mol. The van der Waals surface area contributed by atoms with Crippen molar-refractivity contribution in [2.45, 2.75) is 33.7 Å². The molecule has 3 rings (SSSR count). The van der Waals surface area contributed by atoms with Crippen molar-refractivity contribution in [2.24, 2.45) is 0 Å². The van der Waals surface area contributed by atoms with Crippen molar-refractivity contribution in [3.8, 4) is 11.5 Å². The Balaban J connectivity index is 2.14. The Hall–Kier alpha value is -3.32.